The number of benzene rings is 1. The number of hydrogen-bond acceptors (Lipinski definition) is 4. The largest absolute Gasteiger partial charge is 0.320 e. The highest BCUT2D eigenvalue weighted by atomic mass is 31.0. The molecule has 4 aromatic rings. The van der Waals surface area contributed by atoms with Crippen LogP contribution in [0.3, 0.4) is 0 Å². The number of imidazole rings is 1. The molecular formula is C19H17N6OP. The summed E-state index contributed by atoms with van der Waals surface area (Å²) in [6.07, 6.45) is 5.41. The van der Waals surface area contributed by atoms with E-state index in [9.17, 15) is 4.79 Å². The van der Waals surface area contributed by atoms with Gasteiger partial charge in [0.05, 0.1) is 22.9 Å². The highest BCUT2D eigenvalue weighted by Crippen LogP contribution is 2.21. The summed E-state index contributed by atoms with van der Waals surface area (Å²) in [6, 6.07) is 13.6. The van der Waals surface area contributed by atoms with Crippen LogP contribution in [-0.4, -0.2) is 38.0 Å². The van der Waals surface area contributed by atoms with Crippen LogP contribution in [0.5, 0.6) is 0 Å². The molecular weight excluding hydrogens is 359 g/mol. The van der Waals surface area contributed by atoms with Crippen molar-refractivity contribution in [2.45, 2.75) is 0 Å². The lowest BCUT2D eigenvalue weighted by Gasteiger charge is -2.06. The molecule has 0 saturated heterocycles. The lowest BCUT2D eigenvalue weighted by molar-refractivity contribution is 0.102. The van der Waals surface area contributed by atoms with Crippen LogP contribution in [0.15, 0.2) is 66.0 Å². The van der Waals surface area contributed by atoms with Crippen molar-refractivity contribution in [1.82, 2.24) is 19.6 Å². The van der Waals surface area contributed by atoms with E-state index in [2.05, 4.69) is 34.7 Å². The number of aromatic nitrogens is 4. The summed E-state index contributed by atoms with van der Waals surface area (Å²) in [5, 5.41) is 9.55. The predicted molar refractivity (Wildman–Crippen MR) is 109 cm³/mol. The van der Waals surface area contributed by atoms with E-state index in [-0.39, 0.29) is 5.91 Å². The molecule has 0 bridgehead atoms. The van der Waals surface area contributed by atoms with Crippen LogP contribution in [0.4, 0.5) is 5.69 Å². The molecule has 0 saturated carbocycles. The average Bonchev–Trinajstić information content (AvgIpc) is 3.35. The topological polar surface area (TPSA) is 87.4 Å². The van der Waals surface area contributed by atoms with Gasteiger partial charge < -0.3 is 9.72 Å². The number of nitrogens with one attached hydrogen (secondary N) is 2. The van der Waals surface area contributed by atoms with Crippen LogP contribution in [0, 0.1) is 0 Å². The molecule has 0 radical (unpaired) electrons. The smallest absolute Gasteiger partial charge is 0.274 e. The van der Waals surface area contributed by atoms with Crippen molar-refractivity contribution in [3.05, 3.63) is 72.3 Å². The monoisotopic (exact) mass is 376 g/mol. The Hall–Kier alpha value is -3.31. The zero-order chi connectivity index (χ0) is 18.8. The maximum Gasteiger partial charge on any atom is 0.274 e. The molecule has 1 unspecified atom stereocenters. The van der Waals surface area contributed by atoms with Gasteiger partial charge in [-0.1, -0.05) is 39.6 Å². The van der Waals surface area contributed by atoms with Gasteiger partial charge in [0, 0.05) is 36.8 Å². The summed E-state index contributed by atoms with van der Waals surface area (Å²) in [4.78, 5) is 21.3. The van der Waals surface area contributed by atoms with Gasteiger partial charge in [0.1, 0.15) is 11.3 Å². The Morgan fingerprint density at radius 1 is 1.26 bits per heavy atom. The Morgan fingerprint density at radius 3 is 2.85 bits per heavy atom. The van der Waals surface area contributed by atoms with Crippen LogP contribution in [-0.2, 0) is 0 Å². The number of anilines is 1. The molecule has 1 amide bonds. The Morgan fingerprint density at radius 2 is 2.07 bits per heavy atom. The third kappa shape index (κ3) is 3.37. The van der Waals surface area contributed by atoms with Crippen molar-refractivity contribution in [2.75, 3.05) is 12.4 Å². The molecule has 0 aliphatic rings. The molecule has 4 rings (SSSR count). The van der Waals surface area contributed by atoms with Crippen molar-refractivity contribution in [3.63, 3.8) is 0 Å². The third-order valence-electron chi connectivity index (χ3n) is 4.17. The van der Waals surface area contributed by atoms with E-state index >= 15 is 0 Å². The van der Waals surface area contributed by atoms with Crippen molar-refractivity contribution >= 4 is 31.9 Å². The lowest BCUT2D eigenvalue weighted by atomic mass is 10.2. The highest BCUT2D eigenvalue weighted by Gasteiger charge is 2.16. The molecule has 134 valence electrons. The molecule has 0 fully saturated rings. The van der Waals surface area contributed by atoms with E-state index in [4.69, 9.17) is 0 Å². The maximum atomic E-state index is 12.6. The molecule has 1 atom stereocenters. The van der Waals surface area contributed by atoms with Gasteiger partial charge in [0.15, 0.2) is 0 Å². The van der Waals surface area contributed by atoms with E-state index in [1.165, 1.54) is 0 Å². The minimum atomic E-state index is -0.287. The van der Waals surface area contributed by atoms with Crippen LogP contribution >= 0.6 is 9.24 Å². The normalized spacial score (nSPS) is 11.7. The summed E-state index contributed by atoms with van der Waals surface area (Å²) in [7, 11) is 4.16. The van der Waals surface area contributed by atoms with Crippen molar-refractivity contribution in [3.8, 4) is 11.3 Å². The van der Waals surface area contributed by atoms with Crippen molar-refractivity contribution in [1.29, 1.82) is 0 Å². The maximum absolute atomic E-state index is 12.6. The second-order valence-electron chi connectivity index (χ2n) is 5.89. The van der Waals surface area contributed by atoms with Gasteiger partial charge in [-0.3, -0.25) is 14.9 Å². The molecule has 3 heterocycles. The number of carbonyl (C=O) groups is 1. The fourth-order valence-corrected chi connectivity index (χ4v) is 2.99. The minimum Gasteiger partial charge on any atom is -0.320 e. The second-order valence-corrected chi connectivity index (χ2v) is 6.44. The first-order valence-corrected chi connectivity index (χ1v) is 8.85. The van der Waals surface area contributed by atoms with Gasteiger partial charge in [0.25, 0.3) is 5.91 Å². The summed E-state index contributed by atoms with van der Waals surface area (Å²) in [6.45, 7) is 0. The molecule has 0 spiro atoms. The zero-order valence-corrected chi connectivity index (χ0v) is 15.7. The fraction of sp³-hybridized carbons (Fsp3) is 0.0526. The first-order valence-electron chi connectivity index (χ1n) is 8.27. The number of fused-ring (bicyclic) bond motifs is 1. The zero-order valence-electron chi connectivity index (χ0n) is 14.5. The lowest BCUT2D eigenvalue weighted by Crippen LogP contribution is -2.15. The van der Waals surface area contributed by atoms with Crippen LogP contribution in [0.25, 0.3) is 16.9 Å². The van der Waals surface area contributed by atoms with E-state index in [0.29, 0.717) is 22.4 Å². The van der Waals surface area contributed by atoms with E-state index in [0.717, 1.165) is 16.9 Å². The van der Waals surface area contributed by atoms with Crippen LogP contribution in [0.1, 0.15) is 16.1 Å². The number of hydrogen-bond donors (Lipinski definition) is 2. The van der Waals surface area contributed by atoms with Gasteiger partial charge in [-0.2, -0.15) is 5.10 Å². The Labute approximate surface area is 157 Å². The molecule has 27 heavy (non-hydrogen) atoms. The number of aliphatic imine (C=N–C) groups is 1. The van der Waals surface area contributed by atoms with Gasteiger partial charge in [-0.15, -0.1) is 0 Å². The van der Waals surface area contributed by atoms with Gasteiger partial charge in [0.2, 0.25) is 0 Å². The second kappa shape index (κ2) is 7.13. The number of amides is 1. The molecule has 8 heteroatoms. The molecule has 1 aromatic carbocycles. The fourth-order valence-electron chi connectivity index (χ4n) is 2.78. The summed E-state index contributed by atoms with van der Waals surface area (Å²) in [5.74, 6) is -0.287. The number of carbonyl (C=O) groups excluding carboxylic acids is 1. The molecule has 7 nitrogen and oxygen atoms in total. The van der Waals surface area contributed by atoms with Gasteiger partial charge in [-0.05, 0) is 6.07 Å². The van der Waals surface area contributed by atoms with Gasteiger partial charge >= 0.3 is 0 Å². The Balaban J connectivity index is 1.61. The average molecular weight is 376 g/mol. The first-order chi connectivity index (χ1) is 13.2. The standard InChI is InChI=1S/C19H17N6OP/c1-20-19(27)14-10-21-24-17(14)18(26)22-13-7-8-25-11-15(23-16(25)9-13)12-5-3-2-4-6-12/h2-11H,27H2,1H3,(H,21,24)(H,22,26). The molecule has 0 aliphatic heterocycles. The highest BCUT2D eigenvalue weighted by molar-refractivity contribution is 7.42. The number of rotatable bonds is 4. The minimum absolute atomic E-state index is 0.287. The van der Waals surface area contributed by atoms with Gasteiger partial charge in [-0.25, -0.2) is 4.98 Å². The number of pyridine rings is 1. The van der Waals surface area contributed by atoms with E-state index in [1.807, 2.05) is 59.3 Å². The van der Waals surface area contributed by atoms with E-state index in [1.54, 1.807) is 13.2 Å². The third-order valence-corrected chi connectivity index (χ3v) is 4.74. The molecule has 0 aliphatic carbocycles. The first kappa shape index (κ1) is 17.1. The summed E-state index contributed by atoms with van der Waals surface area (Å²) >= 11 is 0. The quantitative estimate of drug-likeness (QED) is 0.423. The van der Waals surface area contributed by atoms with Crippen LogP contribution in [0.2, 0.25) is 0 Å². The number of H-pyrrole nitrogens is 1. The number of aromatic amines is 1. The predicted octanol–water partition coefficient (Wildman–Crippen LogP) is 3.23. The van der Waals surface area contributed by atoms with Crippen molar-refractivity contribution < 1.29 is 4.79 Å². The van der Waals surface area contributed by atoms with E-state index < -0.39 is 0 Å². The Kier molecular flexibility index (Phi) is 4.52. The summed E-state index contributed by atoms with van der Waals surface area (Å²) in [5.41, 5.74) is 4.98. The molecule has 2 N–H and O–H groups in total. The number of nitrogens with zero attached hydrogens (tertiary/aromatic N) is 4. The SMILES string of the molecule is CN=C(P)c1cn[nH]c1C(=O)Nc1ccn2cc(-c3ccccc3)nc2c1. The van der Waals surface area contributed by atoms with Crippen LogP contribution < -0.4 is 5.32 Å². The molecule has 3 aromatic heterocycles. The summed E-state index contributed by atoms with van der Waals surface area (Å²) < 4.78 is 1.92. The Bertz CT molecular complexity index is 1150. The van der Waals surface area contributed by atoms with Crippen molar-refractivity contribution in [2.24, 2.45) is 4.99 Å².